The number of hydrogen-bond acceptors (Lipinski definition) is 4. The molecule has 120 valence electrons. The van der Waals surface area contributed by atoms with Gasteiger partial charge in [-0.05, 0) is 33.8 Å². The smallest absolute Gasteiger partial charge is 0.429 e. The lowest BCUT2D eigenvalue weighted by atomic mass is 10.00. The summed E-state index contributed by atoms with van der Waals surface area (Å²) in [5, 5.41) is 0.480. The second kappa shape index (κ2) is 7.16. The van der Waals surface area contributed by atoms with Crippen LogP contribution >= 0.6 is 23.2 Å². The van der Waals surface area contributed by atoms with Gasteiger partial charge in [0.15, 0.2) is 11.9 Å². The molecule has 0 fully saturated rings. The number of Topliss-reactive ketones (excluding diaryl/α,β-unsaturated/α-hetero) is 1. The highest BCUT2D eigenvalue weighted by atomic mass is 35.5. The average Bonchev–Trinajstić information content (AvgIpc) is 2.36. The Morgan fingerprint density at radius 1 is 1.23 bits per heavy atom. The maximum Gasteiger partial charge on any atom is 0.509 e. The predicted octanol–water partition coefficient (Wildman–Crippen LogP) is 5.13. The Hall–Kier alpha value is -1.52. The van der Waals surface area contributed by atoms with Gasteiger partial charge in [-0.15, -0.1) is 0 Å². The first-order valence-electron chi connectivity index (χ1n) is 6.56. The van der Waals surface area contributed by atoms with Gasteiger partial charge in [0.05, 0.1) is 10.0 Å². The van der Waals surface area contributed by atoms with E-state index in [4.69, 9.17) is 32.7 Å². The van der Waals surface area contributed by atoms with E-state index in [2.05, 4.69) is 6.58 Å². The van der Waals surface area contributed by atoms with E-state index in [1.165, 1.54) is 6.92 Å². The Bertz CT molecular complexity index is 603. The van der Waals surface area contributed by atoms with Crippen LogP contribution in [0.15, 0.2) is 30.4 Å². The van der Waals surface area contributed by atoms with Crippen molar-refractivity contribution in [2.45, 2.75) is 39.4 Å². The Morgan fingerprint density at radius 2 is 1.82 bits per heavy atom. The zero-order valence-electron chi connectivity index (χ0n) is 12.9. The topological polar surface area (TPSA) is 52.6 Å². The molecule has 6 heteroatoms. The molecule has 0 N–H and O–H groups in total. The van der Waals surface area contributed by atoms with Gasteiger partial charge in [-0.2, -0.15) is 0 Å². The molecule has 1 unspecified atom stereocenters. The molecule has 0 heterocycles. The highest BCUT2D eigenvalue weighted by molar-refractivity contribution is 6.42. The minimum Gasteiger partial charge on any atom is -0.429 e. The molecule has 1 rings (SSSR count). The molecule has 0 spiro atoms. The molecule has 0 bridgehead atoms. The summed E-state index contributed by atoms with van der Waals surface area (Å²) in [5.41, 5.74) is -0.271. The van der Waals surface area contributed by atoms with Crippen LogP contribution in [-0.2, 0) is 14.3 Å². The third-order valence-corrected chi connectivity index (χ3v) is 3.47. The molecular weight excluding hydrogens is 327 g/mol. The monoisotopic (exact) mass is 344 g/mol. The molecule has 22 heavy (non-hydrogen) atoms. The Balaban J connectivity index is 3.15. The second-order valence-corrected chi connectivity index (χ2v) is 6.47. The van der Waals surface area contributed by atoms with E-state index in [-0.39, 0.29) is 21.4 Å². The number of carbonyl (C=O) groups excluding carboxylic acids is 2. The van der Waals surface area contributed by atoms with Crippen LogP contribution in [0.3, 0.4) is 0 Å². The zero-order valence-corrected chi connectivity index (χ0v) is 14.4. The number of halogens is 2. The van der Waals surface area contributed by atoms with E-state index in [0.29, 0.717) is 5.56 Å². The largest absolute Gasteiger partial charge is 0.509 e. The summed E-state index contributed by atoms with van der Waals surface area (Å²) in [6.45, 7) is 10.1. The van der Waals surface area contributed by atoms with E-state index in [1.807, 2.05) is 0 Å². The van der Waals surface area contributed by atoms with Crippen molar-refractivity contribution in [1.82, 2.24) is 0 Å². The molecule has 1 aromatic rings. The summed E-state index contributed by atoms with van der Waals surface area (Å²) in [6, 6.07) is 4.84. The summed E-state index contributed by atoms with van der Waals surface area (Å²) in [7, 11) is 0. The van der Waals surface area contributed by atoms with Crippen LogP contribution in [-0.4, -0.2) is 17.5 Å². The van der Waals surface area contributed by atoms with Crippen molar-refractivity contribution < 1.29 is 19.1 Å². The summed E-state index contributed by atoms with van der Waals surface area (Å²) < 4.78 is 10.3. The van der Waals surface area contributed by atoms with Crippen molar-refractivity contribution >= 4 is 35.1 Å². The van der Waals surface area contributed by atoms with Crippen molar-refractivity contribution in [3.63, 3.8) is 0 Å². The van der Waals surface area contributed by atoms with Gasteiger partial charge in [-0.25, -0.2) is 4.79 Å². The third-order valence-electron chi connectivity index (χ3n) is 2.64. The minimum absolute atomic E-state index is 0.0787. The van der Waals surface area contributed by atoms with Gasteiger partial charge in [-0.1, -0.05) is 41.9 Å². The van der Waals surface area contributed by atoms with E-state index >= 15 is 0 Å². The number of rotatable bonds is 4. The van der Waals surface area contributed by atoms with Gasteiger partial charge in [0, 0.05) is 11.1 Å². The van der Waals surface area contributed by atoms with Crippen molar-refractivity contribution in [3.05, 3.63) is 46.0 Å². The van der Waals surface area contributed by atoms with Crippen LogP contribution in [0.1, 0.15) is 39.4 Å². The van der Waals surface area contributed by atoms with Crippen molar-refractivity contribution in [3.8, 4) is 0 Å². The van der Waals surface area contributed by atoms with Gasteiger partial charge in [0.1, 0.15) is 5.60 Å². The predicted molar refractivity (Wildman–Crippen MR) is 86.3 cm³/mol. The lowest BCUT2D eigenvalue weighted by molar-refractivity contribution is -0.114. The van der Waals surface area contributed by atoms with Crippen LogP contribution in [0.2, 0.25) is 10.0 Å². The van der Waals surface area contributed by atoms with Gasteiger partial charge < -0.3 is 9.47 Å². The number of benzene rings is 1. The Labute approximate surface area is 140 Å². The van der Waals surface area contributed by atoms with E-state index in [9.17, 15) is 9.59 Å². The SMILES string of the molecule is C=C(C(C)=O)C(OC(=O)OC(C)(C)C)c1cccc(Cl)c1Cl. The molecule has 4 nitrogen and oxygen atoms in total. The van der Waals surface area contributed by atoms with E-state index in [0.717, 1.165) is 0 Å². The molecular formula is C16H18Cl2O4. The fourth-order valence-electron chi connectivity index (χ4n) is 1.60. The highest BCUT2D eigenvalue weighted by Crippen LogP contribution is 2.35. The number of ketones is 1. The van der Waals surface area contributed by atoms with Gasteiger partial charge >= 0.3 is 6.16 Å². The summed E-state index contributed by atoms with van der Waals surface area (Å²) >= 11 is 12.1. The van der Waals surface area contributed by atoms with Crippen LogP contribution in [0.4, 0.5) is 4.79 Å². The van der Waals surface area contributed by atoms with Crippen molar-refractivity contribution in [2.24, 2.45) is 0 Å². The lowest BCUT2D eigenvalue weighted by Crippen LogP contribution is -2.26. The fraction of sp³-hybridized carbons (Fsp3) is 0.375. The first kappa shape index (κ1) is 18.5. The van der Waals surface area contributed by atoms with Crippen LogP contribution in [0.25, 0.3) is 0 Å². The zero-order chi connectivity index (χ0) is 17.1. The quantitative estimate of drug-likeness (QED) is 0.561. The van der Waals surface area contributed by atoms with Crippen molar-refractivity contribution in [2.75, 3.05) is 0 Å². The number of ether oxygens (including phenoxy) is 2. The number of carbonyl (C=O) groups is 2. The Morgan fingerprint density at radius 3 is 2.32 bits per heavy atom. The normalized spacial score (nSPS) is 12.5. The van der Waals surface area contributed by atoms with Crippen molar-refractivity contribution in [1.29, 1.82) is 0 Å². The Kier molecular flexibility index (Phi) is 6.03. The molecule has 0 aliphatic heterocycles. The molecule has 0 saturated carbocycles. The first-order chi connectivity index (χ1) is 10.0. The summed E-state index contributed by atoms with van der Waals surface area (Å²) in [6.07, 6.45) is -1.98. The molecule has 0 aliphatic rings. The molecule has 1 atom stereocenters. The molecule has 0 radical (unpaired) electrons. The van der Waals surface area contributed by atoms with Crippen LogP contribution < -0.4 is 0 Å². The minimum atomic E-state index is -1.06. The average molecular weight is 345 g/mol. The van der Waals surface area contributed by atoms with E-state index in [1.54, 1.807) is 39.0 Å². The summed E-state index contributed by atoms with van der Waals surface area (Å²) in [4.78, 5) is 23.5. The maximum atomic E-state index is 11.9. The van der Waals surface area contributed by atoms with Gasteiger partial charge in [-0.3, -0.25) is 4.79 Å². The molecule has 1 aromatic carbocycles. The first-order valence-corrected chi connectivity index (χ1v) is 7.32. The van der Waals surface area contributed by atoms with Crippen LogP contribution in [0, 0.1) is 0 Å². The molecule has 0 amide bonds. The molecule has 0 aliphatic carbocycles. The lowest BCUT2D eigenvalue weighted by Gasteiger charge is -2.24. The maximum absolute atomic E-state index is 11.9. The second-order valence-electron chi connectivity index (χ2n) is 5.69. The van der Waals surface area contributed by atoms with E-state index < -0.39 is 17.9 Å². The van der Waals surface area contributed by atoms with Gasteiger partial charge in [0.25, 0.3) is 0 Å². The molecule has 0 aromatic heterocycles. The fourth-order valence-corrected chi connectivity index (χ4v) is 2.01. The van der Waals surface area contributed by atoms with Crippen LogP contribution in [0.5, 0.6) is 0 Å². The highest BCUT2D eigenvalue weighted by Gasteiger charge is 2.28. The third kappa shape index (κ3) is 5.04. The molecule has 0 saturated heterocycles. The number of hydrogen-bond donors (Lipinski definition) is 0. The summed E-state index contributed by atoms with van der Waals surface area (Å²) in [5.74, 6) is -0.329. The standard InChI is InChI=1S/C16H18Cl2O4/c1-9(10(2)19)14(21-15(20)22-16(3,4)5)11-7-6-8-12(17)13(11)18/h6-8,14H,1H2,2-5H3. The van der Waals surface area contributed by atoms with Gasteiger partial charge in [0.2, 0.25) is 0 Å².